The zero-order valence-corrected chi connectivity index (χ0v) is 21.1. The van der Waals surface area contributed by atoms with Crippen LogP contribution < -0.4 is 11.3 Å². The van der Waals surface area contributed by atoms with Crippen LogP contribution in [0.2, 0.25) is 0 Å². The molecular weight excluding hydrogens is 483 g/mol. The first-order valence-electron chi connectivity index (χ1n) is 12.5. The van der Waals surface area contributed by atoms with Gasteiger partial charge in [0.1, 0.15) is 17.5 Å². The van der Waals surface area contributed by atoms with Gasteiger partial charge < -0.3 is 10.8 Å². The molecule has 6 rings (SSSR count). The van der Waals surface area contributed by atoms with Gasteiger partial charge in [0.25, 0.3) is 5.56 Å². The van der Waals surface area contributed by atoms with E-state index in [1.165, 1.54) is 10.6 Å². The summed E-state index contributed by atoms with van der Waals surface area (Å²) < 4.78 is 18.3. The Morgan fingerprint density at radius 1 is 1.16 bits per heavy atom. The van der Waals surface area contributed by atoms with E-state index in [0.29, 0.717) is 40.1 Å². The molecule has 0 amide bonds. The Morgan fingerprint density at radius 3 is 2.68 bits per heavy atom. The fourth-order valence-electron chi connectivity index (χ4n) is 5.03. The highest BCUT2D eigenvalue weighted by atomic mass is 19.1. The minimum Gasteiger partial charge on any atom is -0.392 e. The molecular formula is C29H27FN6O2. The SMILES string of the molecule is Cn1cc(Cc2nc(N)cc(-c3cccc(-n4ccc5cc(C6(C)CC6)cc(F)c5c4=O)c3CO)n2)cn1. The molecule has 0 bridgehead atoms. The van der Waals surface area contributed by atoms with Gasteiger partial charge in [0.2, 0.25) is 0 Å². The molecule has 38 heavy (non-hydrogen) atoms. The molecule has 3 N–H and O–H groups in total. The van der Waals surface area contributed by atoms with E-state index in [1.807, 2.05) is 19.3 Å². The Hall–Kier alpha value is -4.37. The number of aromatic nitrogens is 5. The summed E-state index contributed by atoms with van der Waals surface area (Å²) in [5.41, 5.74) is 9.51. The lowest BCUT2D eigenvalue weighted by Gasteiger charge is -2.17. The van der Waals surface area contributed by atoms with Crippen molar-refractivity contribution in [2.24, 2.45) is 7.05 Å². The second-order valence-electron chi connectivity index (χ2n) is 10.2. The summed E-state index contributed by atoms with van der Waals surface area (Å²) in [5, 5.41) is 15.2. The van der Waals surface area contributed by atoms with Crippen LogP contribution in [0, 0.1) is 5.82 Å². The average Bonchev–Trinajstić information content (AvgIpc) is 3.52. The Morgan fingerprint density at radius 2 is 1.97 bits per heavy atom. The maximum absolute atomic E-state index is 15.3. The molecule has 5 aromatic rings. The highest BCUT2D eigenvalue weighted by molar-refractivity contribution is 5.84. The molecule has 0 spiro atoms. The molecule has 1 aliphatic rings. The molecule has 0 atom stereocenters. The first-order chi connectivity index (χ1) is 18.3. The van der Waals surface area contributed by atoms with Crippen molar-refractivity contribution in [3.63, 3.8) is 0 Å². The molecule has 1 fully saturated rings. The van der Waals surface area contributed by atoms with E-state index in [-0.39, 0.29) is 23.2 Å². The number of nitrogens with two attached hydrogens (primary N) is 1. The molecule has 0 aliphatic heterocycles. The zero-order valence-electron chi connectivity index (χ0n) is 21.1. The first kappa shape index (κ1) is 24.0. The molecule has 1 aliphatic carbocycles. The third kappa shape index (κ3) is 4.14. The van der Waals surface area contributed by atoms with Crippen molar-refractivity contribution in [1.82, 2.24) is 24.3 Å². The summed E-state index contributed by atoms with van der Waals surface area (Å²) in [6.07, 6.45) is 7.71. The van der Waals surface area contributed by atoms with Crippen LogP contribution in [0.5, 0.6) is 0 Å². The number of nitrogen functional groups attached to an aromatic ring is 1. The quantitative estimate of drug-likeness (QED) is 0.357. The summed E-state index contributed by atoms with van der Waals surface area (Å²) in [6, 6.07) is 12.1. The summed E-state index contributed by atoms with van der Waals surface area (Å²) in [7, 11) is 1.83. The summed E-state index contributed by atoms with van der Waals surface area (Å²) in [4.78, 5) is 22.6. The number of rotatable bonds is 6. The number of halogens is 1. The molecule has 8 nitrogen and oxygen atoms in total. The van der Waals surface area contributed by atoms with Crippen LogP contribution in [0.4, 0.5) is 10.2 Å². The molecule has 192 valence electrons. The number of aliphatic hydroxyl groups is 1. The van der Waals surface area contributed by atoms with E-state index in [2.05, 4.69) is 17.0 Å². The summed E-state index contributed by atoms with van der Waals surface area (Å²) >= 11 is 0. The number of fused-ring (bicyclic) bond motifs is 1. The van der Waals surface area contributed by atoms with E-state index < -0.39 is 11.4 Å². The monoisotopic (exact) mass is 510 g/mol. The number of hydrogen-bond acceptors (Lipinski definition) is 6. The Balaban J connectivity index is 1.46. The maximum Gasteiger partial charge on any atom is 0.265 e. The van der Waals surface area contributed by atoms with E-state index in [0.717, 1.165) is 24.0 Å². The van der Waals surface area contributed by atoms with Crippen molar-refractivity contribution < 1.29 is 9.50 Å². The fraction of sp³-hybridized carbons (Fsp3) is 0.241. The lowest BCUT2D eigenvalue weighted by Crippen LogP contribution is -2.20. The Kier molecular flexibility index (Phi) is 5.61. The molecule has 0 saturated heterocycles. The first-order valence-corrected chi connectivity index (χ1v) is 12.5. The predicted molar refractivity (Wildman–Crippen MR) is 143 cm³/mol. The molecule has 2 aromatic carbocycles. The molecule has 3 aromatic heterocycles. The molecule has 0 unspecified atom stereocenters. The van der Waals surface area contributed by atoms with Crippen molar-refractivity contribution in [2.45, 2.75) is 38.2 Å². The average molecular weight is 511 g/mol. The van der Waals surface area contributed by atoms with Crippen molar-refractivity contribution in [2.75, 3.05) is 5.73 Å². The van der Waals surface area contributed by atoms with Crippen LogP contribution in [-0.2, 0) is 25.5 Å². The molecule has 9 heteroatoms. The Labute approximate surface area is 218 Å². The number of pyridine rings is 1. The third-order valence-corrected chi connectivity index (χ3v) is 7.41. The summed E-state index contributed by atoms with van der Waals surface area (Å²) in [6.45, 7) is 1.74. The van der Waals surface area contributed by atoms with Crippen LogP contribution in [-0.4, -0.2) is 29.4 Å². The van der Waals surface area contributed by atoms with Gasteiger partial charge in [0, 0.05) is 43.1 Å². The maximum atomic E-state index is 15.3. The van der Waals surface area contributed by atoms with Crippen LogP contribution in [0.15, 0.2) is 65.8 Å². The van der Waals surface area contributed by atoms with Crippen LogP contribution >= 0.6 is 0 Å². The lowest BCUT2D eigenvalue weighted by molar-refractivity contribution is 0.282. The normalized spacial score (nSPS) is 14.2. The van der Waals surface area contributed by atoms with Gasteiger partial charge in [0.15, 0.2) is 0 Å². The van der Waals surface area contributed by atoms with Gasteiger partial charge in [-0.25, -0.2) is 14.4 Å². The van der Waals surface area contributed by atoms with Gasteiger partial charge in [-0.05, 0) is 53.0 Å². The largest absolute Gasteiger partial charge is 0.392 e. The van der Waals surface area contributed by atoms with Gasteiger partial charge in [-0.3, -0.25) is 14.0 Å². The number of benzene rings is 2. The van der Waals surface area contributed by atoms with Gasteiger partial charge in [0.05, 0.1) is 29.6 Å². The van der Waals surface area contributed by atoms with E-state index in [1.54, 1.807) is 47.4 Å². The molecule has 0 radical (unpaired) electrons. The standard InChI is InChI=1S/C29H27FN6O2/c1-29(7-8-29)19-11-18-6-9-36(28(38)27(18)22(30)12-19)24-5-3-4-20(21(24)16-37)23-13-25(31)34-26(33-23)10-17-14-32-35(2)15-17/h3-6,9,11-15,37H,7-8,10,16H2,1-2H3,(H2,31,33,34). The highest BCUT2D eigenvalue weighted by Crippen LogP contribution is 2.48. The van der Waals surface area contributed by atoms with Crippen molar-refractivity contribution in [3.05, 3.63) is 99.7 Å². The van der Waals surface area contributed by atoms with E-state index in [9.17, 15) is 9.90 Å². The van der Waals surface area contributed by atoms with Crippen LogP contribution in [0.3, 0.4) is 0 Å². The minimum absolute atomic E-state index is 0.0163. The van der Waals surface area contributed by atoms with E-state index in [4.69, 9.17) is 10.7 Å². The number of nitrogens with zero attached hydrogens (tertiary/aromatic N) is 5. The third-order valence-electron chi connectivity index (χ3n) is 7.41. The fourth-order valence-corrected chi connectivity index (χ4v) is 5.03. The number of aliphatic hydroxyl groups excluding tert-OH is 1. The predicted octanol–water partition coefficient (Wildman–Crippen LogP) is 4.04. The van der Waals surface area contributed by atoms with Crippen molar-refractivity contribution >= 4 is 16.6 Å². The second kappa shape index (κ2) is 8.88. The van der Waals surface area contributed by atoms with Gasteiger partial charge in [-0.1, -0.05) is 25.1 Å². The lowest BCUT2D eigenvalue weighted by atomic mass is 9.95. The van der Waals surface area contributed by atoms with Crippen molar-refractivity contribution in [3.8, 4) is 16.9 Å². The molecule has 1 saturated carbocycles. The number of aryl methyl sites for hydroxylation is 1. The smallest absolute Gasteiger partial charge is 0.265 e. The number of hydrogen-bond donors (Lipinski definition) is 2. The molecule has 3 heterocycles. The highest BCUT2D eigenvalue weighted by Gasteiger charge is 2.39. The van der Waals surface area contributed by atoms with Crippen molar-refractivity contribution in [1.29, 1.82) is 0 Å². The van der Waals surface area contributed by atoms with Crippen LogP contribution in [0.1, 0.15) is 42.3 Å². The van der Waals surface area contributed by atoms with E-state index >= 15 is 4.39 Å². The summed E-state index contributed by atoms with van der Waals surface area (Å²) in [5.74, 6) is 0.260. The zero-order chi connectivity index (χ0) is 26.6. The minimum atomic E-state index is -0.532. The second-order valence-corrected chi connectivity index (χ2v) is 10.2. The topological polar surface area (TPSA) is 112 Å². The van der Waals surface area contributed by atoms with Crippen LogP contribution in [0.25, 0.3) is 27.7 Å². The van der Waals surface area contributed by atoms with Gasteiger partial charge in [-0.15, -0.1) is 0 Å². The number of anilines is 1. The van der Waals surface area contributed by atoms with Gasteiger partial charge in [-0.2, -0.15) is 5.10 Å². The Bertz CT molecular complexity index is 1770. The van der Waals surface area contributed by atoms with Gasteiger partial charge >= 0.3 is 0 Å².